The number of fused-ring (bicyclic) bond motifs is 2. The molecule has 1 heterocycles. The molecular formula is C22H30ClN3O2. The smallest absolute Gasteiger partial charge is 0.227 e. The molecule has 3 N–H and O–H groups in total. The summed E-state index contributed by atoms with van der Waals surface area (Å²) in [5.41, 5.74) is 8.08. The average molecular weight is 404 g/mol. The second kappa shape index (κ2) is 8.66. The Hall–Kier alpha value is -1.85. The van der Waals surface area contributed by atoms with Crippen LogP contribution >= 0.6 is 12.4 Å². The van der Waals surface area contributed by atoms with Gasteiger partial charge < -0.3 is 15.5 Å². The molecule has 2 atom stereocenters. The third-order valence-corrected chi connectivity index (χ3v) is 6.28. The molecule has 1 aromatic heterocycles. The number of oxazole rings is 1. The first kappa shape index (κ1) is 20.9. The van der Waals surface area contributed by atoms with Crippen molar-refractivity contribution >= 4 is 24.0 Å². The highest BCUT2D eigenvalue weighted by molar-refractivity contribution is 5.92. The van der Waals surface area contributed by atoms with Crippen LogP contribution in [0.1, 0.15) is 57.6 Å². The van der Waals surface area contributed by atoms with Crippen LogP contribution in [0.3, 0.4) is 0 Å². The average Bonchev–Trinajstić information content (AvgIpc) is 3.12. The fourth-order valence-corrected chi connectivity index (χ4v) is 4.63. The van der Waals surface area contributed by atoms with Crippen molar-refractivity contribution in [1.29, 1.82) is 0 Å². The minimum atomic E-state index is 0. The Balaban J connectivity index is 0.00000225. The van der Waals surface area contributed by atoms with E-state index in [0.717, 1.165) is 29.9 Å². The molecular weight excluding hydrogens is 374 g/mol. The molecule has 2 unspecified atom stereocenters. The lowest BCUT2D eigenvalue weighted by Gasteiger charge is -2.43. The van der Waals surface area contributed by atoms with Gasteiger partial charge in [-0.25, -0.2) is 4.98 Å². The van der Waals surface area contributed by atoms with E-state index in [4.69, 9.17) is 10.2 Å². The number of hydrogen-bond acceptors (Lipinski definition) is 4. The number of carbonyl (C=O) groups is 1. The van der Waals surface area contributed by atoms with Gasteiger partial charge in [-0.05, 0) is 61.8 Å². The molecule has 28 heavy (non-hydrogen) atoms. The van der Waals surface area contributed by atoms with E-state index < -0.39 is 0 Å². The number of carbonyl (C=O) groups excluding carboxylic acids is 1. The van der Waals surface area contributed by atoms with E-state index in [1.165, 1.54) is 19.3 Å². The van der Waals surface area contributed by atoms with Gasteiger partial charge in [-0.1, -0.05) is 20.3 Å². The highest BCUT2D eigenvalue weighted by Gasteiger charge is 2.40. The van der Waals surface area contributed by atoms with Gasteiger partial charge in [0, 0.05) is 29.1 Å². The summed E-state index contributed by atoms with van der Waals surface area (Å²) < 4.78 is 5.79. The number of amides is 1. The molecule has 4 rings (SSSR count). The first-order valence-electron chi connectivity index (χ1n) is 10.1. The number of hydrogen-bond donors (Lipinski definition) is 2. The monoisotopic (exact) mass is 403 g/mol. The van der Waals surface area contributed by atoms with Crippen molar-refractivity contribution in [1.82, 2.24) is 4.98 Å². The van der Waals surface area contributed by atoms with Gasteiger partial charge in [0.15, 0.2) is 0 Å². The van der Waals surface area contributed by atoms with E-state index in [1.807, 2.05) is 24.3 Å². The summed E-state index contributed by atoms with van der Waals surface area (Å²) in [6.07, 6.45) is 7.24. The predicted molar refractivity (Wildman–Crippen MR) is 113 cm³/mol. The predicted octanol–water partition coefficient (Wildman–Crippen LogP) is 4.98. The van der Waals surface area contributed by atoms with Crippen molar-refractivity contribution < 1.29 is 9.21 Å². The maximum absolute atomic E-state index is 12.8. The van der Waals surface area contributed by atoms with Crippen LogP contribution in [0.4, 0.5) is 5.69 Å². The van der Waals surface area contributed by atoms with Crippen LogP contribution in [0.5, 0.6) is 0 Å². The zero-order chi connectivity index (χ0) is 19.0. The van der Waals surface area contributed by atoms with Gasteiger partial charge in [-0.3, -0.25) is 4.79 Å². The van der Waals surface area contributed by atoms with E-state index in [9.17, 15) is 4.79 Å². The van der Waals surface area contributed by atoms with Crippen LogP contribution in [0, 0.1) is 17.8 Å². The first-order chi connectivity index (χ1) is 13.0. The summed E-state index contributed by atoms with van der Waals surface area (Å²) in [7, 11) is 0. The van der Waals surface area contributed by atoms with E-state index in [-0.39, 0.29) is 24.2 Å². The maximum atomic E-state index is 12.8. The first-order valence-corrected chi connectivity index (χ1v) is 10.1. The molecule has 5 nitrogen and oxygen atoms in total. The Kier molecular flexibility index (Phi) is 6.46. The van der Waals surface area contributed by atoms with Gasteiger partial charge >= 0.3 is 0 Å². The Morgan fingerprint density at radius 1 is 1.18 bits per heavy atom. The second-order valence-corrected chi connectivity index (χ2v) is 8.49. The number of halogens is 1. The normalized spacial score (nSPS) is 26.6. The molecule has 2 aliphatic carbocycles. The van der Waals surface area contributed by atoms with Gasteiger partial charge in [-0.15, -0.1) is 12.4 Å². The molecule has 2 bridgehead atoms. The van der Waals surface area contributed by atoms with Gasteiger partial charge in [0.25, 0.3) is 0 Å². The molecule has 0 saturated heterocycles. The minimum Gasteiger partial charge on any atom is -0.441 e. The maximum Gasteiger partial charge on any atom is 0.227 e. The third-order valence-electron chi connectivity index (χ3n) is 6.28. The molecule has 1 amide bonds. The number of nitrogens with two attached hydrogens (primary N) is 1. The highest BCUT2D eigenvalue weighted by Crippen LogP contribution is 2.42. The van der Waals surface area contributed by atoms with Crippen molar-refractivity contribution in [3.63, 3.8) is 0 Å². The lowest BCUT2D eigenvalue weighted by molar-refractivity contribution is -0.122. The van der Waals surface area contributed by atoms with Crippen molar-refractivity contribution in [2.45, 2.75) is 57.9 Å². The Morgan fingerprint density at radius 3 is 2.39 bits per heavy atom. The number of benzene rings is 1. The Morgan fingerprint density at radius 2 is 1.82 bits per heavy atom. The van der Waals surface area contributed by atoms with E-state index >= 15 is 0 Å². The van der Waals surface area contributed by atoms with Gasteiger partial charge in [0.1, 0.15) is 5.76 Å². The molecule has 2 aromatic rings. The van der Waals surface area contributed by atoms with Crippen LogP contribution < -0.4 is 11.1 Å². The van der Waals surface area contributed by atoms with Crippen LogP contribution in [-0.4, -0.2) is 16.9 Å². The standard InChI is InChI=1S/C22H29N3O2.ClH/c1-13(2)19-12-24-22(27-19)14-6-8-18(9-7-14)25-21(26)17-10-15-4-3-5-16(11-17)20(15)23;/h6-9,12-13,15-17,20H,3-5,10-11,23H2,1-2H3,(H,25,26);1H. The third kappa shape index (κ3) is 4.26. The van der Waals surface area contributed by atoms with Crippen molar-refractivity contribution in [2.75, 3.05) is 5.32 Å². The largest absolute Gasteiger partial charge is 0.441 e. The SMILES string of the molecule is CC(C)c1cnc(-c2ccc(NC(=O)C3CC4CCCC(C3)C4N)cc2)o1.Cl. The van der Waals surface area contributed by atoms with Crippen molar-refractivity contribution in [2.24, 2.45) is 23.5 Å². The zero-order valence-corrected chi connectivity index (χ0v) is 17.4. The minimum absolute atomic E-state index is 0. The quantitative estimate of drug-likeness (QED) is 0.754. The number of anilines is 1. The molecule has 1 aromatic carbocycles. The van der Waals surface area contributed by atoms with Gasteiger partial charge in [-0.2, -0.15) is 0 Å². The van der Waals surface area contributed by atoms with Crippen LogP contribution in [-0.2, 0) is 4.79 Å². The molecule has 2 fully saturated rings. The van der Waals surface area contributed by atoms with Crippen LogP contribution in [0.25, 0.3) is 11.5 Å². The molecule has 2 saturated carbocycles. The summed E-state index contributed by atoms with van der Waals surface area (Å²) in [6.45, 7) is 4.16. The Bertz CT molecular complexity index is 788. The summed E-state index contributed by atoms with van der Waals surface area (Å²) in [6, 6.07) is 8.01. The van der Waals surface area contributed by atoms with Crippen molar-refractivity contribution in [3.8, 4) is 11.5 Å². The fourth-order valence-electron chi connectivity index (χ4n) is 4.63. The molecule has 6 heteroatoms. The molecule has 0 radical (unpaired) electrons. The topological polar surface area (TPSA) is 81.2 Å². The lowest BCUT2D eigenvalue weighted by atomic mass is 9.65. The van der Waals surface area contributed by atoms with E-state index in [1.54, 1.807) is 6.20 Å². The second-order valence-electron chi connectivity index (χ2n) is 8.49. The summed E-state index contributed by atoms with van der Waals surface area (Å²) in [5.74, 6) is 3.04. The van der Waals surface area contributed by atoms with E-state index in [0.29, 0.717) is 29.7 Å². The van der Waals surface area contributed by atoms with Crippen LogP contribution in [0.2, 0.25) is 0 Å². The number of nitrogens with zero attached hydrogens (tertiary/aromatic N) is 1. The molecule has 2 aliphatic rings. The lowest BCUT2D eigenvalue weighted by Crippen LogP contribution is -2.48. The van der Waals surface area contributed by atoms with Gasteiger partial charge in [0.2, 0.25) is 11.8 Å². The summed E-state index contributed by atoms with van der Waals surface area (Å²) in [4.78, 5) is 17.1. The fraction of sp³-hybridized carbons (Fsp3) is 0.545. The Labute approximate surface area is 172 Å². The van der Waals surface area contributed by atoms with Crippen molar-refractivity contribution in [3.05, 3.63) is 36.2 Å². The highest BCUT2D eigenvalue weighted by atomic mass is 35.5. The van der Waals surface area contributed by atoms with E-state index in [2.05, 4.69) is 24.1 Å². The van der Waals surface area contributed by atoms with Crippen LogP contribution in [0.15, 0.2) is 34.9 Å². The molecule has 0 spiro atoms. The summed E-state index contributed by atoms with van der Waals surface area (Å²) in [5, 5.41) is 3.09. The number of nitrogens with one attached hydrogen (secondary N) is 1. The molecule has 152 valence electrons. The summed E-state index contributed by atoms with van der Waals surface area (Å²) >= 11 is 0. The zero-order valence-electron chi connectivity index (χ0n) is 16.6. The number of aromatic nitrogens is 1. The number of rotatable bonds is 4. The van der Waals surface area contributed by atoms with Gasteiger partial charge in [0.05, 0.1) is 6.20 Å². The molecule has 0 aliphatic heterocycles.